The van der Waals surface area contributed by atoms with Gasteiger partial charge in [-0.1, -0.05) is 17.7 Å². The minimum absolute atomic E-state index is 0.643. The van der Waals surface area contributed by atoms with Crippen LogP contribution in [0.4, 0.5) is 0 Å². The predicted molar refractivity (Wildman–Crippen MR) is 72.3 cm³/mol. The molecule has 0 bridgehead atoms. The molecular formula is C15H17ClN2. The highest BCUT2D eigenvalue weighted by molar-refractivity contribution is 6.31. The predicted octanol–water partition coefficient (Wildman–Crippen LogP) is 3.59. The van der Waals surface area contributed by atoms with Gasteiger partial charge in [-0.25, -0.2) is 0 Å². The first-order valence-corrected chi connectivity index (χ1v) is 7.06. The zero-order valence-electron chi connectivity index (χ0n) is 10.4. The number of benzene rings is 1. The molecule has 0 aromatic heterocycles. The average molecular weight is 261 g/mol. The molecule has 2 saturated carbocycles. The van der Waals surface area contributed by atoms with Crippen molar-refractivity contribution in [2.45, 2.75) is 38.3 Å². The van der Waals surface area contributed by atoms with E-state index in [-0.39, 0.29) is 0 Å². The standard InChI is InChI=1S/C15H17ClN2/c16-15-7-12(8-17)3-4-13(15)10-18(14-5-6-14)9-11-1-2-11/h3-4,7,11,14H,1-2,5-6,9-10H2. The molecule has 0 amide bonds. The topological polar surface area (TPSA) is 27.0 Å². The molecule has 0 radical (unpaired) electrons. The summed E-state index contributed by atoms with van der Waals surface area (Å²) in [7, 11) is 0. The van der Waals surface area contributed by atoms with Crippen LogP contribution in [0.25, 0.3) is 0 Å². The molecule has 1 aromatic carbocycles. The van der Waals surface area contributed by atoms with Gasteiger partial charge >= 0.3 is 0 Å². The fourth-order valence-electron chi connectivity index (χ4n) is 2.38. The smallest absolute Gasteiger partial charge is 0.0992 e. The third kappa shape index (κ3) is 2.85. The van der Waals surface area contributed by atoms with Gasteiger partial charge < -0.3 is 0 Å². The molecule has 2 aliphatic rings. The van der Waals surface area contributed by atoms with Crippen molar-refractivity contribution < 1.29 is 0 Å². The van der Waals surface area contributed by atoms with Gasteiger partial charge in [0.05, 0.1) is 11.6 Å². The summed E-state index contributed by atoms with van der Waals surface area (Å²) in [5.41, 5.74) is 1.80. The number of rotatable bonds is 5. The van der Waals surface area contributed by atoms with Gasteiger partial charge in [-0.3, -0.25) is 4.90 Å². The largest absolute Gasteiger partial charge is 0.296 e. The van der Waals surface area contributed by atoms with Crippen molar-refractivity contribution in [2.75, 3.05) is 6.54 Å². The molecule has 1 aromatic rings. The first kappa shape index (κ1) is 12.0. The van der Waals surface area contributed by atoms with Gasteiger partial charge in [-0.15, -0.1) is 0 Å². The van der Waals surface area contributed by atoms with E-state index in [1.165, 1.54) is 32.2 Å². The Morgan fingerprint density at radius 2 is 2.06 bits per heavy atom. The Hall–Kier alpha value is -1.04. The summed E-state index contributed by atoms with van der Waals surface area (Å²) >= 11 is 6.25. The van der Waals surface area contributed by atoms with E-state index in [9.17, 15) is 0 Å². The van der Waals surface area contributed by atoms with Crippen LogP contribution in [0.2, 0.25) is 5.02 Å². The summed E-state index contributed by atoms with van der Waals surface area (Å²) in [5.74, 6) is 0.919. The lowest BCUT2D eigenvalue weighted by Gasteiger charge is -2.22. The summed E-state index contributed by atoms with van der Waals surface area (Å²) in [6.45, 7) is 2.16. The highest BCUT2D eigenvalue weighted by Crippen LogP contribution is 2.36. The minimum Gasteiger partial charge on any atom is -0.296 e. The molecular weight excluding hydrogens is 244 g/mol. The number of nitrogens with zero attached hydrogens (tertiary/aromatic N) is 2. The van der Waals surface area contributed by atoms with Gasteiger partial charge in [0.15, 0.2) is 0 Å². The summed E-state index contributed by atoms with van der Waals surface area (Å²) in [5, 5.41) is 9.57. The third-order valence-corrected chi connectivity index (χ3v) is 4.16. The van der Waals surface area contributed by atoms with Crippen molar-refractivity contribution in [3.05, 3.63) is 34.3 Å². The Morgan fingerprint density at radius 3 is 2.61 bits per heavy atom. The number of nitriles is 1. The second-order valence-corrected chi connectivity index (χ2v) is 5.93. The average Bonchev–Trinajstić information content (AvgIpc) is 3.23. The molecule has 3 rings (SSSR count). The summed E-state index contributed by atoms with van der Waals surface area (Å²) < 4.78 is 0. The lowest BCUT2D eigenvalue weighted by Crippen LogP contribution is -2.27. The van der Waals surface area contributed by atoms with Gasteiger partial charge in [-0.2, -0.15) is 5.26 Å². The Morgan fingerprint density at radius 1 is 1.28 bits per heavy atom. The van der Waals surface area contributed by atoms with Crippen LogP contribution < -0.4 is 0 Å². The third-order valence-electron chi connectivity index (χ3n) is 3.81. The van der Waals surface area contributed by atoms with Crippen LogP contribution >= 0.6 is 11.6 Å². The van der Waals surface area contributed by atoms with E-state index < -0.39 is 0 Å². The normalized spacial score (nSPS) is 18.9. The van der Waals surface area contributed by atoms with E-state index in [4.69, 9.17) is 16.9 Å². The van der Waals surface area contributed by atoms with Crippen LogP contribution in [0, 0.1) is 17.2 Å². The van der Waals surface area contributed by atoms with Crippen LogP contribution in [0.5, 0.6) is 0 Å². The summed E-state index contributed by atoms with van der Waals surface area (Å²) in [6, 6.07) is 8.55. The van der Waals surface area contributed by atoms with E-state index in [1.54, 1.807) is 6.07 Å². The maximum atomic E-state index is 8.84. The van der Waals surface area contributed by atoms with Gasteiger partial charge in [0, 0.05) is 24.2 Å². The quantitative estimate of drug-likeness (QED) is 0.809. The van der Waals surface area contributed by atoms with Gasteiger partial charge in [0.25, 0.3) is 0 Å². The van der Waals surface area contributed by atoms with Crippen LogP contribution in [-0.4, -0.2) is 17.5 Å². The molecule has 2 nitrogen and oxygen atoms in total. The zero-order chi connectivity index (χ0) is 12.5. The second-order valence-electron chi connectivity index (χ2n) is 5.52. The SMILES string of the molecule is N#Cc1ccc(CN(CC2CC2)C2CC2)c(Cl)c1. The fourth-order valence-corrected chi connectivity index (χ4v) is 2.62. The minimum atomic E-state index is 0.643. The van der Waals surface area contributed by atoms with Crippen molar-refractivity contribution in [1.29, 1.82) is 5.26 Å². The fraction of sp³-hybridized carbons (Fsp3) is 0.533. The Kier molecular flexibility index (Phi) is 3.28. The highest BCUT2D eigenvalue weighted by atomic mass is 35.5. The molecule has 0 atom stereocenters. The molecule has 2 aliphatic carbocycles. The van der Waals surface area contributed by atoms with Crippen LogP contribution in [0.3, 0.4) is 0 Å². The van der Waals surface area contributed by atoms with Crippen LogP contribution in [0.1, 0.15) is 36.8 Å². The van der Waals surface area contributed by atoms with E-state index >= 15 is 0 Å². The molecule has 0 saturated heterocycles. The number of hydrogen-bond donors (Lipinski definition) is 0. The van der Waals surface area contributed by atoms with Crippen LogP contribution in [-0.2, 0) is 6.54 Å². The molecule has 0 spiro atoms. The van der Waals surface area contributed by atoms with Crippen molar-refractivity contribution in [3.63, 3.8) is 0 Å². The van der Waals surface area contributed by atoms with Crippen molar-refractivity contribution in [3.8, 4) is 6.07 Å². The van der Waals surface area contributed by atoms with E-state index in [2.05, 4.69) is 11.0 Å². The lowest BCUT2D eigenvalue weighted by atomic mass is 10.1. The van der Waals surface area contributed by atoms with Gasteiger partial charge in [-0.05, 0) is 49.3 Å². The molecule has 0 heterocycles. The van der Waals surface area contributed by atoms with Crippen molar-refractivity contribution in [2.24, 2.45) is 5.92 Å². The number of halogens is 1. The molecule has 94 valence electrons. The van der Waals surface area contributed by atoms with Crippen molar-refractivity contribution >= 4 is 11.6 Å². The molecule has 0 aliphatic heterocycles. The number of hydrogen-bond acceptors (Lipinski definition) is 2. The second kappa shape index (κ2) is 4.91. The molecule has 0 unspecified atom stereocenters. The van der Waals surface area contributed by atoms with Gasteiger partial charge in [0.1, 0.15) is 0 Å². The maximum Gasteiger partial charge on any atom is 0.0992 e. The molecule has 18 heavy (non-hydrogen) atoms. The Labute approximate surface area is 113 Å². The van der Waals surface area contributed by atoms with E-state index in [0.717, 1.165) is 29.1 Å². The molecule has 2 fully saturated rings. The molecule has 3 heteroatoms. The lowest BCUT2D eigenvalue weighted by molar-refractivity contribution is 0.244. The monoisotopic (exact) mass is 260 g/mol. The van der Waals surface area contributed by atoms with E-state index in [0.29, 0.717) is 5.56 Å². The van der Waals surface area contributed by atoms with Crippen molar-refractivity contribution in [1.82, 2.24) is 4.90 Å². The summed E-state index contributed by atoms with van der Waals surface area (Å²) in [6.07, 6.45) is 5.45. The highest BCUT2D eigenvalue weighted by Gasteiger charge is 2.33. The summed E-state index contributed by atoms with van der Waals surface area (Å²) in [4.78, 5) is 2.57. The molecule has 0 N–H and O–H groups in total. The first-order valence-electron chi connectivity index (χ1n) is 6.69. The Balaban J connectivity index is 1.71. The van der Waals surface area contributed by atoms with Crippen LogP contribution in [0.15, 0.2) is 18.2 Å². The first-order chi connectivity index (χ1) is 8.76. The van der Waals surface area contributed by atoms with E-state index in [1.807, 2.05) is 12.1 Å². The van der Waals surface area contributed by atoms with Gasteiger partial charge in [0.2, 0.25) is 0 Å². The zero-order valence-corrected chi connectivity index (χ0v) is 11.2. The Bertz CT molecular complexity index is 484. The maximum absolute atomic E-state index is 8.84.